The predicted molar refractivity (Wildman–Crippen MR) is 52.8 cm³/mol. The van der Waals surface area contributed by atoms with E-state index >= 15 is 0 Å². The molecule has 1 saturated heterocycles. The fourth-order valence-corrected chi connectivity index (χ4v) is 3.50. The van der Waals surface area contributed by atoms with Crippen molar-refractivity contribution in [3.8, 4) is 0 Å². The molecule has 0 spiro atoms. The van der Waals surface area contributed by atoms with Gasteiger partial charge in [-0.2, -0.15) is 4.98 Å². The molecule has 0 aromatic carbocycles. The first-order chi connectivity index (χ1) is 7.13. The molecule has 0 amide bonds. The summed E-state index contributed by atoms with van der Waals surface area (Å²) in [6, 6.07) is 0. The lowest BCUT2D eigenvalue weighted by Gasteiger charge is -2.01. The van der Waals surface area contributed by atoms with Crippen molar-refractivity contribution in [3.63, 3.8) is 0 Å². The Labute approximate surface area is 88.0 Å². The molecule has 6 nitrogen and oxygen atoms in total. The fraction of sp³-hybridized carbons (Fsp3) is 0.750. The monoisotopic (exact) mass is 231 g/mol. The third-order valence-corrected chi connectivity index (χ3v) is 4.60. The Morgan fingerprint density at radius 2 is 2.40 bits per heavy atom. The van der Waals surface area contributed by atoms with Gasteiger partial charge >= 0.3 is 0 Å². The maximum atomic E-state index is 11.6. The normalized spacial score (nSPS) is 24.5. The molecular formula is C8H13N3O3S. The van der Waals surface area contributed by atoms with Gasteiger partial charge in [0.25, 0.3) is 0 Å². The lowest BCUT2D eigenvalue weighted by Crippen LogP contribution is -2.10. The third-order valence-electron chi connectivity index (χ3n) is 2.43. The van der Waals surface area contributed by atoms with E-state index in [1.165, 1.54) is 0 Å². The molecule has 1 aliphatic heterocycles. The van der Waals surface area contributed by atoms with E-state index in [2.05, 4.69) is 15.5 Å². The van der Waals surface area contributed by atoms with Crippen molar-refractivity contribution < 1.29 is 12.9 Å². The van der Waals surface area contributed by atoms with Crippen molar-refractivity contribution in [2.45, 2.75) is 24.6 Å². The van der Waals surface area contributed by atoms with Crippen molar-refractivity contribution in [1.82, 2.24) is 15.5 Å². The lowest BCUT2D eigenvalue weighted by atomic mass is 10.2. The summed E-state index contributed by atoms with van der Waals surface area (Å²) in [6.07, 6.45) is 1.28. The van der Waals surface area contributed by atoms with E-state index in [0.717, 1.165) is 0 Å². The average Bonchev–Trinajstić information content (AvgIpc) is 2.72. The van der Waals surface area contributed by atoms with E-state index in [0.29, 0.717) is 31.1 Å². The zero-order valence-corrected chi connectivity index (χ0v) is 9.25. The quantitative estimate of drug-likeness (QED) is 0.790. The number of nitrogens with zero attached hydrogens (tertiary/aromatic N) is 2. The van der Waals surface area contributed by atoms with E-state index in [9.17, 15) is 8.42 Å². The van der Waals surface area contributed by atoms with Gasteiger partial charge in [0, 0.05) is 0 Å². The molecule has 1 fully saturated rings. The van der Waals surface area contributed by atoms with Gasteiger partial charge in [0.1, 0.15) is 5.25 Å². The van der Waals surface area contributed by atoms with Crippen LogP contribution in [-0.2, 0) is 16.4 Å². The lowest BCUT2D eigenvalue weighted by molar-refractivity contribution is 0.366. The highest BCUT2D eigenvalue weighted by atomic mass is 32.2. The topological polar surface area (TPSA) is 85.1 Å². The summed E-state index contributed by atoms with van der Waals surface area (Å²) < 4.78 is 28.1. The smallest absolute Gasteiger partial charge is 0.240 e. The van der Waals surface area contributed by atoms with E-state index in [-0.39, 0.29) is 5.75 Å². The van der Waals surface area contributed by atoms with Gasteiger partial charge in [0.2, 0.25) is 5.89 Å². The molecule has 15 heavy (non-hydrogen) atoms. The maximum Gasteiger partial charge on any atom is 0.240 e. The molecule has 2 heterocycles. The summed E-state index contributed by atoms with van der Waals surface area (Å²) >= 11 is 0. The molecule has 2 rings (SSSR count). The summed E-state index contributed by atoms with van der Waals surface area (Å²) in [4.78, 5) is 4.06. The van der Waals surface area contributed by atoms with E-state index < -0.39 is 15.1 Å². The van der Waals surface area contributed by atoms with Gasteiger partial charge in [-0.05, 0) is 19.9 Å². The van der Waals surface area contributed by atoms with Crippen LogP contribution in [0.25, 0.3) is 0 Å². The van der Waals surface area contributed by atoms with Crippen LogP contribution in [0.4, 0.5) is 0 Å². The minimum Gasteiger partial charge on any atom is -0.338 e. The number of nitrogens with one attached hydrogen (secondary N) is 1. The van der Waals surface area contributed by atoms with Crippen LogP contribution >= 0.6 is 0 Å². The number of sulfone groups is 1. The van der Waals surface area contributed by atoms with Crippen LogP contribution in [0.3, 0.4) is 0 Å². The van der Waals surface area contributed by atoms with Crippen molar-refractivity contribution in [1.29, 1.82) is 0 Å². The molecule has 0 radical (unpaired) electrons. The number of aromatic nitrogens is 2. The van der Waals surface area contributed by atoms with Crippen molar-refractivity contribution in [2.24, 2.45) is 0 Å². The van der Waals surface area contributed by atoms with Crippen LogP contribution in [0, 0.1) is 0 Å². The van der Waals surface area contributed by atoms with Gasteiger partial charge in [-0.3, -0.25) is 0 Å². The number of rotatable bonds is 3. The Morgan fingerprint density at radius 1 is 1.60 bits per heavy atom. The first-order valence-corrected chi connectivity index (χ1v) is 6.53. The second-order valence-electron chi connectivity index (χ2n) is 3.57. The van der Waals surface area contributed by atoms with Gasteiger partial charge in [-0.15, -0.1) is 0 Å². The molecule has 0 bridgehead atoms. The third kappa shape index (κ3) is 2.03. The molecule has 1 aromatic heterocycles. The second kappa shape index (κ2) is 3.90. The van der Waals surface area contributed by atoms with Crippen LogP contribution in [-0.4, -0.2) is 31.4 Å². The van der Waals surface area contributed by atoms with E-state index in [1.54, 1.807) is 7.05 Å². The van der Waals surface area contributed by atoms with Crippen LogP contribution < -0.4 is 5.32 Å². The fourth-order valence-electron chi connectivity index (χ4n) is 1.70. The summed E-state index contributed by atoms with van der Waals surface area (Å²) in [5.74, 6) is 0.959. The predicted octanol–water partition coefficient (Wildman–Crippen LogP) is 0.0387. The highest BCUT2D eigenvalue weighted by molar-refractivity contribution is 7.91. The Balaban J connectivity index is 2.22. The van der Waals surface area contributed by atoms with Crippen LogP contribution in [0.2, 0.25) is 0 Å². The summed E-state index contributed by atoms with van der Waals surface area (Å²) in [7, 11) is -1.29. The first kappa shape index (κ1) is 10.6. The Morgan fingerprint density at radius 3 is 3.00 bits per heavy atom. The Kier molecular flexibility index (Phi) is 2.74. The Bertz CT molecular complexity index is 440. The van der Waals surface area contributed by atoms with Crippen molar-refractivity contribution in [2.75, 3.05) is 12.8 Å². The van der Waals surface area contributed by atoms with Gasteiger partial charge in [-0.1, -0.05) is 5.16 Å². The van der Waals surface area contributed by atoms with Crippen LogP contribution in [0.15, 0.2) is 4.52 Å². The van der Waals surface area contributed by atoms with Crippen molar-refractivity contribution >= 4 is 9.84 Å². The summed E-state index contributed by atoms with van der Waals surface area (Å²) in [5.41, 5.74) is 0. The maximum absolute atomic E-state index is 11.6. The first-order valence-electron chi connectivity index (χ1n) is 4.82. The van der Waals surface area contributed by atoms with Gasteiger partial charge < -0.3 is 9.84 Å². The SMILES string of the molecule is CNCc1nc(C2CCCS2(=O)=O)no1. The van der Waals surface area contributed by atoms with Crippen LogP contribution in [0.5, 0.6) is 0 Å². The minimum absolute atomic E-state index is 0.230. The molecular weight excluding hydrogens is 218 g/mol. The van der Waals surface area contributed by atoms with Gasteiger partial charge in [-0.25, -0.2) is 8.42 Å². The summed E-state index contributed by atoms with van der Waals surface area (Å²) in [6.45, 7) is 0.458. The number of hydrogen-bond acceptors (Lipinski definition) is 6. The Hall–Kier alpha value is -0.950. The van der Waals surface area contributed by atoms with Gasteiger partial charge in [0.15, 0.2) is 15.7 Å². The molecule has 1 aliphatic rings. The molecule has 1 aromatic rings. The summed E-state index contributed by atoms with van der Waals surface area (Å²) in [5, 5.41) is 6.01. The molecule has 1 unspecified atom stereocenters. The highest BCUT2D eigenvalue weighted by Gasteiger charge is 2.36. The number of hydrogen-bond donors (Lipinski definition) is 1. The zero-order chi connectivity index (χ0) is 10.9. The van der Waals surface area contributed by atoms with E-state index in [4.69, 9.17) is 4.52 Å². The zero-order valence-electron chi connectivity index (χ0n) is 8.43. The minimum atomic E-state index is -3.05. The largest absolute Gasteiger partial charge is 0.338 e. The second-order valence-corrected chi connectivity index (χ2v) is 5.88. The molecule has 0 saturated carbocycles. The molecule has 7 heteroatoms. The molecule has 1 N–H and O–H groups in total. The molecule has 0 aliphatic carbocycles. The molecule has 1 atom stereocenters. The standard InChI is InChI=1S/C8H13N3O3S/c1-9-5-7-10-8(11-14-7)6-3-2-4-15(6,12)13/h6,9H,2-5H2,1H3. The average molecular weight is 231 g/mol. The highest BCUT2D eigenvalue weighted by Crippen LogP contribution is 2.32. The van der Waals surface area contributed by atoms with Crippen LogP contribution in [0.1, 0.15) is 29.8 Å². The van der Waals surface area contributed by atoms with E-state index in [1.807, 2.05) is 0 Å². The van der Waals surface area contributed by atoms with Crippen molar-refractivity contribution in [3.05, 3.63) is 11.7 Å². The van der Waals surface area contributed by atoms with Gasteiger partial charge in [0.05, 0.1) is 12.3 Å². The molecule has 84 valence electrons.